The van der Waals surface area contributed by atoms with Crippen molar-refractivity contribution in [3.8, 4) is 5.75 Å². The molecule has 1 heterocycles. The van der Waals surface area contributed by atoms with Crippen molar-refractivity contribution in [1.29, 1.82) is 0 Å². The van der Waals surface area contributed by atoms with Gasteiger partial charge in [0, 0.05) is 13.1 Å². The molecular weight excluding hydrogens is 240 g/mol. The molecule has 17 heavy (non-hydrogen) atoms. The summed E-state index contributed by atoms with van der Waals surface area (Å²) in [5.41, 5.74) is 5.63. The molecule has 0 saturated carbocycles. The molecule has 3 N–H and O–H groups in total. The van der Waals surface area contributed by atoms with Crippen LogP contribution in [0.25, 0.3) is 0 Å². The molecule has 0 bridgehead atoms. The van der Waals surface area contributed by atoms with Crippen LogP contribution in [0.15, 0.2) is 0 Å². The van der Waals surface area contributed by atoms with Gasteiger partial charge < -0.3 is 25.4 Å². The van der Waals surface area contributed by atoms with Crippen LogP contribution in [0.4, 0.5) is 10.8 Å². The van der Waals surface area contributed by atoms with Crippen LogP contribution in [-0.2, 0) is 4.74 Å². The van der Waals surface area contributed by atoms with Crippen LogP contribution in [0.3, 0.4) is 0 Å². The summed E-state index contributed by atoms with van der Waals surface area (Å²) in [5, 5.41) is 4.03. The first-order valence-electron chi connectivity index (χ1n) is 5.40. The van der Waals surface area contributed by atoms with Gasteiger partial charge in [-0.05, 0) is 25.6 Å². The minimum atomic E-state index is 0.425. The summed E-state index contributed by atoms with van der Waals surface area (Å²) in [5.74, 6) is 1.04. The van der Waals surface area contributed by atoms with E-state index >= 15 is 0 Å². The average Bonchev–Trinajstić information content (AvgIpc) is 2.63. The van der Waals surface area contributed by atoms with Gasteiger partial charge in [0.25, 0.3) is 0 Å². The molecule has 1 rings (SSSR count). The lowest BCUT2D eigenvalue weighted by molar-refractivity contribution is 0.126. The summed E-state index contributed by atoms with van der Waals surface area (Å²) >= 11 is 1.29. The van der Waals surface area contributed by atoms with Gasteiger partial charge in [0.2, 0.25) is 0 Å². The van der Waals surface area contributed by atoms with Crippen LogP contribution < -0.4 is 15.8 Å². The summed E-state index contributed by atoms with van der Waals surface area (Å²) < 4.78 is 14.6. The van der Waals surface area contributed by atoms with Crippen molar-refractivity contribution >= 4 is 22.4 Å². The second-order valence-corrected chi connectivity index (χ2v) is 4.55. The van der Waals surface area contributed by atoms with Crippen molar-refractivity contribution in [2.45, 2.75) is 0 Å². The molecule has 0 atom stereocenters. The Kier molecular flexibility index (Phi) is 6.03. The van der Waals surface area contributed by atoms with E-state index < -0.39 is 0 Å². The molecule has 0 aliphatic heterocycles. The van der Waals surface area contributed by atoms with Gasteiger partial charge in [-0.1, -0.05) is 0 Å². The van der Waals surface area contributed by atoms with Crippen molar-refractivity contribution < 1.29 is 9.47 Å². The monoisotopic (exact) mass is 260 g/mol. The smallest absolute Gasteiger partial charge is 0.197 e. The Morgan fingerprint density at radius 3 is 2.82 bits per heavy atom. The highest BCUT2D eigenvalue weighted by Gasteiger charge is 2.10. The molecule has 0 radical (unpaired) electrons. The molecular formula is C10H20N4O2S. The van der Waals surface area contributed by atoms with Crippen LogP contribution in [0.1, 0.15) is 0 Å². The first-order chi connectivity index (χ1) is 8.15. The first kappa shape index (κ1) is 14.0. The Balaban J connectivity index is 2.18. The van der Waals surface area contributed by atoms with Crippen LogP contribution in [-0.4, -0.2) is 56.8 Å². The number of nitrogens with two attached hydrogens (primary N) is 1. The second kappa shape index (κ2) is 7.31. The Labute approximate surface area is 106 Å². The quantitative estimate of drug-likeness (QED) is 0.671. The molecule has 0 aromatic carbocycles. The maximum absolute atomic E-state index is 5.63. The maximum atomic E-state index is 5.63. The standard InChI is InChI=1S/C10H20N4O2S/c1-14(2)5-7-16-6-4-12-10-8(15-3)9(11)13-17-10/h12H,4-7H2,1-3H3,(H2,11,13). The first-order valence-corrected chi connectivity index (χ1v) is 6.18. The molecule has 0 aliphatic rings. The number of aromatic nitrogens is 1. The van der Waals surface area contributed by atoms with Gasteiger partial charge >= 0.3 is 0 Å². The number of nitrogen functional groups attached to an aromatic ring is 1. The molecule has 1 aromatic rings. The Hall–Kier alpha value is -1.05. The molecule has 6 nitrogen and oxygen atoms in total. The predicted molar refractivity (Wildman–Crippen MR) is 70.9 cm³/mol. The fourth-order valence-corrected chi connectivity index (χ4v) is 1.90. The summed E-state index contributed by atoms with van der Waals surface area (Å²) in [6.45, 7) is 3.02. The minimum absolute atomic E-state index is 0.425. The molecule has 7 heteroatoms. The SMILES string of the molecule is COc1c(N)nsc1NCCOCCN(C)C. The lowest BCUT2D eigenvalue weighted by Gasteiger charge is -2.10. The van der Waals surface area contributed by atoms with E-state index in [1.165, 1.54) is 11.5 Å². The van der Waals surface area contributed by atoms with Gasteiger partial charge in [0.15, 0.2) is 16.6 Å². The number of nitrogens with zero attached hydrogens (tertiary/aromatic N) is 2. The van der Waals surface area contributed by atoms with E-state index in [0.717, 1.165) is 18.2 Å². The predicted octanol–water partition coefficient (Wildman–Crippen LogP) is 0.724. The number of hydrogen-bond acceptors (Lipinski definition) is 7. The number of hydrogen-bond donors (Lipinski definition) is 2. The fourth-order valence-electron chi connectivity index (χ4n) is 1.19. The summed E-state index contributed by atoms with van der Waals surface area (Å²) in [6, 6.07) is 0. The van der Waals surface area contributed by atoms with Crippen LogP contribution >= 0.6 is 11.5 Å². The van der Waals surface area contributed by atoms with E-state index in [0.29, 0.717) is 24.7 Å². The van der Waals surface area contributed by atoms with Crippen LogP contribution in [0, 0.1) is 0 Å². The highest BCUT2D eigenvalue weighted by atomic mass is 32.1. The zero-order chi connectivity index (χ0) is 12.7. The highest BCUT2D eigenvalue weighted by molar-refractivity contribution is 7.11. The van der Waals surface area contributed by atoms with Crippen molar-refractivity contribution in [1.82, 2.24) is 9.27 Å². The fraction of sp³-hybridized carbons (Fsp3) is 0.700. The maximum Gasteiger partial charge on any atom is 0.197 e. The summed E-state index contributed by atoms with van der Waals surface area (Å²) in [4.78, 5) is 2.08. The molecule has 0 fully saturated rings. The second-order valence-electron chi connectivity index (χ2n) is 3.77. The van der Waals surface area contributed by atoms with Crippen LogP contribution in [0.2, 0.25) is 0 Å². The number of rotatable bonds is 8. The van der Waals surface area contributed by atoms with E-state index in [9.17, 15) is 0 Å². The zero-order valence-corrected chi connectivity index (χ0v) is 11.3. The lowest BCUT2D eigenvalue weighted by Crippen LogP contribution is -2.19. The van der Waals surface area contributed by atoms with Gasteiger partial charge in [-0.25, -0.2) is 0 Å². The van der Waals surface area contributed by atoms with Crippen LogP contribution in [0.5, 0.6) is 5.75 Å². The van der Waals surface area contributed by atoms with Gasteiger partial charge in [0.1, 0.15) is 0 Å². The van der Waals surface area contributed by atoms with Gasteiger partial charge in [-0.2, -0.15) is 4.37 Å². The summed E-state index contributed by atoms with van der Waals surface area (Å²) in [6.07, 6.45) is 0. The number of likely N-dealkylation sites (N-methyl/N-ethyl adjacent to an activating group) is 1. The lowest BCUT2D eigenvalue weighted by atomic mass is 10.5. The van der Waals surface area contributed by atoms with E-state index in [-0.39, 0.29) is 0 Å². The molecule has 0 unspecified atom stereocenters. The molecule has 0 spiro atoms. The van der Waals surface area contributed by atoms with Crippen molar-refractivity contribution in [3.05, 3.63) is 0 Å². The third-order valence-corrected chi connectivity index (χ3v) is 2.89. The van der Waals surface area contributed by atoms with Crippen molar-refractivity contribution in [2.24, 2.45) is 0 Å². The molecule has 0 amide bonds. The van der Waals surface area contributed by atoms with Gasteiger partial charge in [0.05, 0.1) is 20.3 Å². The van der Waals surface area contributed by atoms with E-state index in [4.69, 9.17) is 15.2 Å². The number of nitrogens with one attached hydrogen (secondary N) is 1. The molecule has 0 saturated heterocycles. The largest absolute Gasteiger partial charge is 0.490 e. The van der Waals surface area contributed by atoms with Gasteiger partial charge in [-0.3, -0.25) is 0 Å². The highest BCUT2D eigenvalue weighted by Crippen LogP contribution is 2.34. The van der Waals surface area contributed by atoms with E-state index in [2.05, 4.69) is 14.6 Å². The molecule has 1 aromatic heterocycles. The topological polar surface area (TPSA) is 72.6 Å². The third-order valence-electron chi connectivity index (χ3n) is 2.09. The normalized spacial score (nSPS) is 10.8. The van der Waals surface area contributed by atoms with Crippen molar-refractivity contribution in [2.75, 3.05) is 58.6 Å². The van der Waals surface area contributed by atoms with E-state index in [1.807, 2.05) is 14.1 Å². The summed E-state index contributed by atoms with van der Waals surface area (Å²) in [7, 11) is 5.62. The number of methoxy groups -OCH3 is 1. The van der Waals surface area contributed by atoms with E-state index in [1.54, 1.807) is 7.11 Å². The number of anilines is 2. The molecule has 98 valence electrons. The Morgan fingerprint density at radius 2 is 2.18 bits per heavy atom. The van der Waals surface area contributed by atoms with Crippen molar-refractivity contribution in [3.63, 3.8) is 0 Å². The minimum Gasteiger partial charge on any atom is -0.490 e. The Morgan fingerprint density at radius 1 is 1.41 bits per heavy atom. The zero-order valence-electron chi connectivity index (χ0n) is 10.5. The number of ether oxygens (including phenoxy) is 2. The Bertz CT molecular complexity index is 330. The third kappa shape index (κ3) is 4.76. The van der Waals surface area contributed by atoms with Gasteiger partial charge in [-0.15, -0.1) is 0 Å². The average molecular weight is 260 g/mol. The molecule has 0 aliphatic carbocycles.